The van der Waals surface area contributed by atoms with Gasteiger partial charge in [-0.25, -0.2) is 0 Å². The fourth-order valence-electron chi connectivity index (χ4n) is 5.55. The van der Waals surface area contributed by atoms with Crippen LogP contribution in [0.25, 0.3) is 5.69 Å². The lowest BCUT2D eigenvalue weighted by molar-refractivity contribution is 0.472. The van der Waals surface area contributed by atoms with Crippen molar-refractivity contribution in [2.75, 3.05) is 4.90 Å². The number of pyridine rings is 1. The van der Waals surface area contributed by atoms with E-state index in [9.17, 15) is 5.11 Å². The summed E-state index contributed by atoms with van der Waals surface area (Å²) >= 11 is 5.84. The van der Waals surface area contributed by atoms with Crippen molar-refractivity contribution >= 4 is 23.0 Å². The Labute approximate surface area is 212 Å². The zero-order valence-electron chi connectivity index (χ0n) is 20.7. The molecule has 0 spiro atoms. The van der Waals surface area contributed by atoms with Crippen molar-refractivity contribution < 1.29 is 5.11 Å². The van der Waals surface area contributed by atoms with Gasteiger partial charge in [0.05, 0.1) is 29.2 Å². The quantitative estimate of drug-likeness (QED) is 0.335. The number of nitrogens with zero attached hydrogens (tertiary/aromatic N) is 3. The molecule has 2 N–H and O–H groups in total. The molecule has 3 heterocycles. The van der Waals surface area contributed by atoms with Gasteiger partial charge in [0.1, 0.15) is 5.75 Å². The Hall–Kier alpha value is -3.64. The summed E-state index contributed by atoms with van der Waals surface area (Å²) in [5, 5.41) is 14.8. The van der Waals surface area contributed by atoms with Gasteiger partial charge in [0.2, 0.25) is 0 Å². The summed E-state index contributed by atoms with van der Waals surface area (Å²) in [5.41, 5.74) is 10.0. The second-order valence-corrected chi connectivity index (χ2v) is 9.78. The molecule has 1 aliphatic rings. The molecule has 0 aliphatic carbocycles. The van der Waals surface area contributed by atoms with Gasteiger partial charge in [0.25, 0.3) is 0 Å². The Morgan fingerprint density at radius 3 is 2.26 bits per heavy atom. The largest absolute Gasteiger partial charge is 0.506 e. The van der Waals surface area contributed by atoms with Crippen molar-refractivity contribution in [3.8, 4) is 11.4 Å². The van der Waals surface area contributed by atoms with E-state index in [4.69, 9.17) is 12.2 Å². The number of aromatic hydroxyl groups is 1. The number of nitrogens with one attached hydrogen (secondary N) is 1. The van der Waals surface area contributed by atoms with E-state index in [1.807, 2.05) is 47.5 Å². The maximum Gasteiger partial charge on any atom is 0.174 e. The third kappa shape index (κ3) is 3.88. The second-order valence-electron chi connectivity index (χ2n) is 9.39. The fraction of sp³-hybridized carbons (Fsp3) is 0.241. The number of phenolic OH excluding ortho intramolecular Hbond substituents is 1. The molecule has 2 aromatic heterocycles. The fourth-order valence-corrected chi connectivity index (χ4v) is 5.89. The van der Waals surface area contributed by atoms with Crippen LogP contribution >= 0.6 is 12.2 Å². The topological polar surface area (TPSA) is 53.3 Å². The number of aryl methyl sites for hydroxylation is 4. The highest BCUT2D eigenvalue weighted by Gasteiger charge is 2.43. The van der Waals surface area contributed by atoms with Gasteiger partial charge in [0, 0.05) is 17.6 Å². The zero-order chi connectivity index (χ0) is 24.9. The standard InChI is InChI=1S/C29H30N4OS/c1-17-14-18(2)27(19(3)15-17)32-20(4)16-22(21(32)5)28-26(23-10-8-9-13-30-23)31-29(35)33(28)24-11-6-7-12-25(24)34/h6-16,26,28,34H,1-5H3,(H,31,35). The lowest BCUT2D eigenvalue weighted by Crippen LogP contribution is -2.29. The number of hydrogen-bond donors (Lipinski definition) is 2. The number of anilines is 1. The summed E-state index contributed by atoms with van der Waals surface area (Å²) in [6, 6.07) is 19.7. The lowest BCUT2D eigenvalue weighted by Gasteiger charge is -2.28. The van der Waals surface area contributed by atoms with Gasteiger partial charge in [-0.05, 0) is 93.9 Å². The van der Waals surface area contributed by atoms with Crippen LogP contribution in [0, 0.1) is 34.6 Å². The molecule has 178 valence electrons. The Morgan fingerprint density at radius 1 is 0.914 bits per heavy atom. The summed E-state index contributed by atoms with van der Waals surface area (Å²) in [6.45, 7) is 10.8. The van der Waals surface area contributed by atoms with Crippen molar-refractivity contribution in [2.45, 2.75) is 46.7 Å². The first kappa shape index (κ1) is 23.1. The number of hydrogen-bond acceptors (Lipinski definition) is 3. The van der Waals surface area contributed by atoms with Crippen molar-refractivity contribution in [3.63, 3.8) is 0 Å². The van der Waals surface area contributed by atoms with Crippen LogP contribution in [0.15, 0.2) is 66.9 Å². The Bertz CT molecular complexity index is 1400. The number of aromatic nitrogens is 2. The monoisotopic (exact) mass is 482 g/mol. The van der Waals surface area contributed by atoms with E-state index in [-0.39, 0.29) is 17.8 Å². The highest BCUT2D eigenvalue weighted by molar-refractivity contribution is 7.80. The first-order valence-electron chi connectivity index (χ1n) is 11.8. The summed E-state index contributed by atoms with van der Waals surface area (Å²) in [6.07, 6.45) is 1.81. The second kappa shape index (κ2) is 8.86. The average Bonchev–Trinajstić information content (AvgIpc) is 3.30. The molecule has 0 radical (unpaired) electrons. The predicted molar refractivity (Wildman–Crippen MR) is 145 cm³/mol. The van der Waals surface area contributed by atoms with Crippen molar-refractivity contribution in [1.82, 2.24) is 14.9 Å². The maximum absolute atomic E-state index is 10.8. The van der Waals surface area contributed by atoms with Crippen molar-refractivity contribution in [3.05, 3.63) is 106 Å². The summed E-state index contributed by atoms with van der Waals surface area (Å²) in [5.74, 6) is 0.197. The highest BCUT2D eigenvalue weighted by atomic mass is 32.1. The lowest BCUT2D eigenvalue weighted by atomic mass is 9.96. The molecule has 2 unspecified atom stereocenters. The van der Waals surface area contributed by atoms with Crippen molar-refractivity contribution in [2.24, 2.45) is 0 Å². The molecule has 0 saturated carbocycles. The molecular formula is C29H30N4OS. The van der Waals surface area contributed by atoms with Crippen LogP contribution in [0.3, 0.4) is 0 Å². The number of para-hydroxylation sites is 2. The Kier molecular flexibility index (Phi) is 5.85. The highest BCUT2D eigenvalue weighted by Crippen LogP contribution is 2.46. The van der Waals surface area contributed by atoms with Crippen LogP contribution in [-0.4, -0.2) is 19.8 Å². The average molecular weight is 483 g/mol. The van der Waals surface area contributed by atoms with Crippen LogP contribution in [-0.2, 0) is 0 Å². The first-order chi connectivity index (χ1) is 16.8. The maximum atomic E-state index is 10.8. The number of thiocarbonyl (C=S) groups is 1. The molecule has 4 aromatic rings. The SMILES string of the molecule is Cc1cc(C)c(-n2c(C)cc(C3C(c4ccccn4)NC(=S)N3c3ccccc3O)c2C)c(C)c1. The van der Waals surface area contributed by atoms with Crippen LogP contribution in [0.2, 0.25) is 0 Å². The van der Waals surface area contributed by atoms with E-state index < -0.39 is 0 Å². The van der Waals surface area contributed by atoms with E-state index >= 15 is 0 Å². The Morgan fingerprint density at radius 2 is 1.60 bits per heavy atom. The summed E-state index contributed by atoms with van der Waals surface area (Å²) in [7, 11) is 0. The first-order valence-corrected chi connectivity index (χ1v) is 12.2. The molecule has 5 rings (SSSR count). The summed E-state index contributed by atoms with van der Waals surface area (Å²) < 4.78 is 2.35. The molecule has 35 heavy (non-hydrogen) atoms. The van der Waals surface area contributed by atoms with E-state index in [1.54, 1.807) is 6.07 Å². The van der Waals surface area contributed by atoms with Gasteiger partial charge in [-0.15, -0.1) is 0 Å². The molecule has 2 atom stereocenters. The molecule has 2 aromatic carbocycles. The minimum Gasteiger partial charge on any atom is -0.506 e. The van der Waals surface area contributed by atoms with Gasteiger partial charge < -0.3 is 19.9 Å². The summed E-state index contributed by atoms with van der Waals surface area (Å²) in [4.78, 5) is 6.69. The third-order valence-corrected chi connectivity index (χ3v) is 7.20. The van der Waals surface area contributed by atoms with E-state index in [2.05, 4.69) is 67.7 Å². The van der Waals surface area contributed by atoms with Crippen LogP contribution in [0.4, 0.5) is 5.69 Å². The van der Waals surface area contributed by atoms with Gasteiger partial charge in [-0.1, -0.05) is 35.9 Å². The molecule has 1 saturated heterocycles. The van der Waals surface area contributed by atoms with Gasteiger partial charge in [-0.2, -0.15) is 0 Å². The zero-order valence-corrected chi connectivity index (χ0v) is 21.5. The van der Waals surface area contributed by atoms with Crippen LogP contribution in [0.1, 0.15) is 51.4 Å². The smallest absolute Gasteiger partial charge is 0.174 e. The minimum atomic E-state index is -0.184. The van der Waals surface area contributed by atoms with Gasteiger partial charge >= 0.3 is 0 Å². The van der Waals surface area contributed by atoms with E-state index in [0.717, 1.165) is 22.6 Å². The van der Waals surface area contributed by atoms with Crippen molar-refractivity contribution in [1.29, 1.82) is 0 Å². The van der Waals surface area contributed by atoms with Crippen LogP contribution < -0.4 is 10.2 Å². The molecule has 1 aliphatic heterocycles. The number of rotatable bonds is 4. The van der Waals surface area contributed by atoms with Crippen LogP contribution in [0.5, 0.6) is 5.75 Å². The molecular weight excluding hydrogens is 452 g/mol. The third-order valence-electron chi connectivity index (χ3n) is 6.89. The molecule has 0 amide bonds. The minimum absolute atomic E-state index is 0.169. The molecule has 1 fully saturated rings. The molecule has 5 nitrogen and oxygen atoms in total. The normalized spacial score (nSPS) is 17.6. The van der Waals surface area contributed by atoms with Gasteiger partial charge in [0.15, 0.2) is 5.11 Å². The Balaban J connectivity index is 1.73. The molecule has 0 bridgehead atoms. The number of phenols is 1. The predicted octanol–water partition coefficient (Wildman–Crippen LogP) is 6.30. The van der Waals surface area contributed by atoms with E-state index in [0.29, 0.717) is 10.8 Å². The molecule has 6 heteroatoms. The van der Waals surface area contributed by atoms with E-state index in [1.165, 1.54) is 22.4 Å². The van der Waals surface area contributed by atoms with Gasteiger partial charge in [-0.3, -0.25) is 4.98 Å². The number of benzene rings is 2.